The number of hydrogen-bond acceptors (Lipinski definition) is 4. The highest BCUT2D eigenvalue weighted by Crippen LogP contribution is 2.24. The molecule has 0 saturated carbocycles. The molecule has 1 aliphatic heterocycles. The third-order valence-electron chi connectivity index (χ3n) is 3.50. The van der Waals surface area contributed by atoms with Gasteiger partial charge in [0.25, 0.3) is 0 Å². The van der Waals surface area contributed by atoms with E-state index in [4.69, 9.17) is 4.74 Å². The van der Waals surface area contributed by atoms with Gasteiger partial charge in [0.05, 0.1) is 11.6 Å². The number of rotatable bonds is 4. The van der Waals surface area contributed by atoms with Gasteiger partial charge in [-0.1, -0.05) is 19.1 Å². The molecule has 2 atom stereocenters. The lowest BCUT2D eigenvalue weighted by atomic mass is 10.0. The van der Waals surface area contributed by atoms with Crippen molar-refractivity contribution in [2.45, 2.75) is 25.4 Å². The molecule has 1 N–H and O–H groups in total. The summed E-state index contributed by atoms with van der Waals surface area (Å²) in [5.74, 6) is 0.357. The Balaban J connectivity index is 2.09. The number of carbonyl (C=O) groups is 2. The third-order valence-corrected chi connectivity index (χ3v) is 3.50. The Bertz CT molecular complexity index is 514. The summed E-state index contributed by atoms with van der Waals surface area (Å²) in [6.45, 7) is 2.13. The van der Waals surface area contributed by atoms with E-state index in [-0.39, 0.29) is 24.3 Å². The van der Waals surface area contributed by atoms with E-state index in [1.165, 1.54) is 0 Å². The summed E-state index contributed by atoms with van der Waals surface area (Å²) < 4.78 is 5.53. The number of carbonyl (C=O) groups excluding carboxylic acids is 2. The van der Waals surface area contributed by atoms with Gasteiger partial charge < -0.3 is 10.1 Å². The molecule has 0 aliphatic carbocycles. The van der Waals surface area contributed by atoms with Crippen LogP contribution in [0.1, 0.15) is 23.7 Å². The van der Waals surface area contributed by atoms with E-state index in [1.807, 2.05) is 32.0 Å². The Morgan fingerprint density at radius 1 is 1.45 bits per heavy atom. The lowest BCUT2D eigenvalue weighted by molar-refractivity contribution is -0.126. The van der Waals surface area contributed by atoms with Crippen molar-refractivity contribution < 1.29 is 14.3 Å². The fourth-order valence-corrected chi connectivity index (χ4v) is 2.39. The summed E-state index contributed by atoms with van der Waals surface area (Å²) in [5, 5.41) is 2.79. The Labute approximate surface area is 118 Å². The number of amides is 1. The third kappa shape index (κ3) is 2.82. The molecule has 0 spiro atoms. The molecular formula is C15H20N2O3. The van der Waals surface area contributed by atoms with Crippen LogP contribution < -0.4 is 10.1 Å². The molecule has 1 aromatic carbocycles. The first kappa shape index (κ1) is 14.5. The Morgan fingerprint density at radius 3 is 2.80 bits per heavy atom. The number of likely N-dealkylation sites (N-methyl/N-ethyl adjacent to an activating group) is 1. The summed E-state index contributed by atoms with van der Waals surface area (Å²) in [6.07, 6.45) is 0.692. The molecule has 0 fully saturated rings. The first-order valence-electron chi connectivity index (χ1n) is 6.77. The van der Waals surface area contributed by atoms with Gasteiger partial charge >= 0.3 is 0 Å². The lowest BCUT2D eigenvalue weighted by Crippen LogP contribution is -2.52. The summed E-state index contributed by atoms with van der Waals surface area (Å²) in [6, 6.07) is 6.26. The molecule has 5 nitrogen and oxygen atoms in total. The van der Waals surface area contributed by atoms with Crippen LogP contribution in [0.2, 0.25) is 0 Å². The van der Waals surface area contributed by atoms with Gasteiger partial charge in [-0.2, -0.15) is 0 Å². The Kier molecular flexibility index (Phi) is 4.39. The van der Waals surface area contributed by atoms with Crippen LogP contribution in [0.15, 0.2) is 24.3 Å². The smallest absolute Gasteiger partial charge is 0.238 e. The van der Waals surface area contributed by atoms with Crippen molar-refractivity contribution in [3.63, 3.8) is 0 Å². The van der Waals surface area contributed by atoms with Gasteiger partial charge in [-0.3, -0.25) is 14.5 Å². The van der Waals surface area contributed by atoms with Crippen LogP contribution in [0.4, 0.5) is 0 Å². The van der Waals surface area contributed by atoms with Crippen molar-refractivity contribution in [2.75, 3.05) is 20.7 Å². The average Bonchev–Trinajstić information content (AvgIpc) is 2.42. The fourth-order valence-electron chi connectivity index (χ4n) is 2.39. The van der Waals surface area contributed by atoms with Gasteiger partial charge in [0, 0.05) is 0 Å². The van der Waals surface area contributed by atoms with E-state index in [9.17, 15) is 9.59 Å². The zero-order chi connectivity index (χ0) is 14.7. The maximum absolute atomic E-state index is 12.3. The number of para-hydroxylation sites is 1. The minimum atomic E-state index is -0.605. The predicted molar refractivity (Wildman–Crippen MR) is 76.0 cm³/mol. The summed E-state index contributed by atoms with van der Waals surface area (Å²) in [7, 11) is 3.70. The van der Waals surface area contributed by atoms with Crippen LogP contribution >= 0.6 is 0 Å². The average molecular weight is 276 g/mol. The number of ether oxygens (including phenoxy) is 1. The quantitative estimate of drug-likeness (QED) is 0.894. The first-order valence-corrected chi connectivity index (χ1v) is 6.77. The van der Waals surface area contributed by atoms with Crippen molar-refractivity contribution in [1.82, 2.24) is 10.2 Å². The standard InChI is InChI=1S/C15H20N2O3/c1-4-12(17(2)3)15(19)16-11-9-20-13-8-6-5-7-10(13)14(11)18/h5-8,11-12H,4,9H2,1-3H3,(H,16,19). The SMILES string of the molecule is CCC(C(=O)NC1COc2ccccc2C1=O)N(C)C. The van der Waals surface area contributed by atoms with Crippen molar-refractivity contribution in [3.8, 4) is 5.75 Å². The lowest BCUT2D eigenvalue weighted by Gasteiger charge is -2.28. The van der Waals surface area contributed by atoms with E-state index >= 15 is 0 Å². The van der Waals surface area contributed by atoms with E-state index < -0.39 is 6.04 Å². The topological polar surface area (TPSA) is 58.6 Å². The number of benzene rings is 1. The second-order valence-corrected chi connectivity index (χ2v) is 5.12. The van der Waals surface area contributed by atoms with Crippen LogP contribution in [0.5, 0.6) is 5.75 Å². The molecule has 1 aliphatic rings. The van der Waals surface area contributed by atoms with Crippen LogP contribution in [-0.4, -0.2) is 49.4 Å². The number of Topliss-reactive ketones (excluding diaryl/α,β-unsaturated/α-hetero) is 1. The van der Waals surface area contributed by atoms with Crippen molar-refractivity contribution in [3.05, 3.63) is 29.8 Å². The minimum absolute atomic E-state index is 0.0891. The number of fused-ring (bicyclic) bond motifs is 1. The molecule has 2 unspecified atom stereocenters. The van der Waals surface area contributed by atoms with Crippen LogP contribution in [-0.2, 0) is 4.79 Å². The molecule has 5 heteroatoms. The molecule has 108 valence electrons. The molecular weight excluding hydrogens is 256 g/mol. The van der Waals surface area contributed by atoms with E-state index in [1.54, 1.807) is 18.2 Å². The summed E-state index contributed by atoms with van der Waals surface area (Å²) in [5.41, 5.74) is 0.530. The normalized spacial score (nSPS) is 19.2. The van der Waals surface area contributed by atoms with Crippen molar-refractivity contribution in [2.24, 2.45) is 0 Å². The monoisotopic (exact) mass is 276 g/mol. The van der Waals surface area contributed by atoms with Crippen LogP contribution in [0, 0.1) is 0 Å². The number of nitrogens with zero attached hydrogens (tertiary/aromatic N) is 1. The summed E-state index contributed by atoms with van der Waals surface area (Å²) in [4.78, 5) is 26.4. The van der Waals surface area contributed by atoms with Gasteiger partial charge in [0.2, 0.25) is 5.91 Å². The maximum atomic E-state index is 12.3. The molecule has 1 heterocycles. The maximum Gasteiger partial charge on any atom is 0.238 e. The number of ketones is 1. The molecule has 1 amide bonds. The van der Waals surface area contributed by atoms with Gasteiger partial charge in [0.15, 0.2) is 5.78 Å². The molecule has 0 aromatic heterocycles. The highest BCUT2D eigenvalue weighted by atomic mass is 16.5. The molecule has 2 rings (SSSR count). The highest BCUT2D eigenvalue weighted by molar-refractivity contribution is 6.05. The van der Waals surface area contributed by atoms with Crippen LogP contribution in [0.25, 0.3) is 0 Å². The molecule has 0 radical (unpaired) electrons. The first-order chi connectivity index (χ1) is 9.54. The van der Waals surface area contributed by atoms with Gasteiger partial charge in [0.1, 0.15) is 18.4 Å². The highest BCUT2D eigenvalue weighted by Gasteiger charge is 2.31. The number of hydrogen-bond donors (Lipinski definition) is 1. The zero-order valence-electron chi connectivity index (χ0n) is 12.1. The molecule has 20 heavy (non-hydrogen) atoms. The second kappa shape index (κ2) is 6.05. The molecule has 1 aromatic rings. The van der Waals surface area contributed by atoms with Gasteiger partial charge in [-0.05, 0) is 32.6 Å². The van der Waals surface area contributed by atoms with Gasteiger partial charge in [-0.25, -0.2) is 0 Å². The zero-order valence-corrected chi connectivity index (χ0v) is 12.1. The molecule has 0 bridgehead atoms. The van der Waals surface area contributed by atoms with Crippen molar-refractivity contribution in [1.29, 1.82) is 0 Å². The molecule has 0 saturated heterocycles. The van der Waals surface area contributed by atoms with E-state index in [0.717, 1.165) is 0 Å². The largest absolute Gasteiger partial charge is 0.490 e. The van der Waals surface area contributed by atoms with Gasteiger partial charge in [-0.15, -0.1) is 0 Å². The predicted octanol–water partition coefficient (Wildman–Crippen LogP) is 1.09. The Morgan fingerprint density at radius 2 is 2.15 bits per heavy atom. The van der Waals surface area contributed by atoms with Crippen molar-refractivity contribution >= 4 is 11.7 Å². The number of nitrogens with one attached hydrogen (secondary N) is 1. The Hall–Kier alpha value is -1.88. The second-order valence-electron chi connectivity index (χ2n) is 5.12. The van der Waals surface area contributed by atoms with Crippen LogP contribution in [0.3, 0.4) is 0 Å². The van der Waals surface area contributed by atoms with E-state index in [0.29, 0.717) is 17.7 Å². The fraction of sp³-hybridized carbons (Fsp3) is 0.467. The minimum Gasteiger partial charge on any atom is -0.490 e. The summed E-state index contributed by atoms with van der Waals surface area (Å²) >= 11 is 0. The van der Waals surface area contributed by atoms with E-state index in [2.05, 4.69) is 5.32 Å².